The average molecular weight is 523 g/mol. The van der Waals surface area contributed by atoms with Gasteiger partial charge in [-0.1, -0.05) is 6.07 Å². The van der Waals surface area contributed by atoms with Gasteiger partial charge in [-0.2, -0.15) is 0 Å². The number of carbonyl (C=O) groups excluding carboxylic acids is 1. The minimum atomic E-state index is -0.440. The summed E-state index contributed by atoms with van der Waals surface area (Å²) in [4.78, 5) is 21.9. The second-order valence-corrected chi connectivity index (χ2v) is 8.60. The largest absolute Gasteiger partial charge is 0.444 e. The van der Waals surface area contributed by atoms with Crippen molar-refractivity contribution in [3.63, 3.8) is 0 Å². The van der Waals surface area contributed by atoms with Crippen LogP contribution in [-0.4, -0.2) is 80.3 Å². The van der Waals surface area contributed by atoms with Crippen LogP contribution in [0.2, 0.25) is 0 Å². The summed E-state index contributed by atoms with van der Waals surface area (Å²) in [6.07, 6.45) is 0.793. The Kier molecular flexibility index (Phi) is 11.1. The Morgan fingerprint density at radius 2 is 1.89 bits per heavy atom. The minimum Gasteiger partial charge on any atom is -0.444 e. The molecule has 1 fully saturated rings. The quantitative estimate of drug-likeness (QED) is 0.341. The number of rotatable bonds is 6. The standard InChI is InChI=1S/C19H33N5O2S.HI/c1-19(2,3)26-18(25)24-13-11-23(12-14-24)10-9-22-17(20-4)21-8-7-16-6-5-15-27-16;/h5-6,15H,7-14H2,1-4H3,(H2,20,21,22);1H. The summed E-state index contributed by atoms with van der Waals surface area (Å²) in [5, 5.41) is 8.81. The lowest BCUT2D eigenvalue weighted by molar-refractivity contribution is 0.0147. The van der Waals surface area contributed by atoms with Gasteiger partial charge in [-0.25, -0.2) is 4.79 Å². The van der Waals surface area contributed by atoms with Gasteiger partial charge in [-0.15, -0.1) is 35.3 Å². The van der Waals surface area contributed by atoms with Crippen molar-refractivity contribution >= 4 is 47.4 Å². The summed E-state index contributed by atoms with van der Waals surface area (Å²) in [7, 11) is 1.79. The van der Waals surface area contributed by atoms with Crippen LogP contribution in [0.5, 0.6) is 0 Å². The maximum absolute atomic E-state index is 12.1. The van der Waals surface area contributed by atoms with Crippen molar-refractivity contribution in [3.05, 3.63) is 22.4 Å². The van der Waals surface area contributed by atoms with E-state index < -0.39 is 5.60 Å². The van der Waals surface area contributed by atoms with Crippen LogP contribution in [0.25, 0.3) is 0 Å². The lowest BCUT2D eigenvalue weighted by Crippen LogP contribution is -2.51. The molecule has 1 aromatic heterocycles. The number of piperazine rings is 1. The fourth-order valence-corrected chi connectivity index (χ4v) is 3.50. The highest BCUT2D eigenvalue weighted by atomic mass is 127. The van der Waals surface area contributed by atoms with E-state index in [0.29, 0.717) is 13.1 Å². The SMILES string of the molecule is CN=C(NCCc1cccs1)NCCN1CCN(C(=O)OC(C)(C)C)CC1.I. The molecule has 28 heavy (non-hydrogen) atoms. The molecule has 1 aliphatic heterocycles. The molecule has 2 heterocycles. The van der Waals surface area contributed by atoms with Gasteiger partial charge in [-0.05, 0) is 38.6 Å². The molecule has 0 radical (unpaired) electrons. The Morgan fingerprint density at radius 3 is 2.46 bits per heavy atom. The van der Waals surface area contributed by atoms with Gasteiger partial charge in [0.1, 0.15) is 5.60 Å². The predicted molar refractivity (Wildman–Crippen MR) is 127 cm³/mol. The van der Waals surface area contributed by atoms with Gasteiger partial charge in [0.15, 0.2) is 5.96 Å². The Hall–Kier alpha value is -1.07. The van der Waals surface area contributed by atoms with Gasteiger partial charge in [-0.3, -0.25) is 9.89 Å². The zero-order chi connectivity index (χ0) is 19.7. The lowest BCUT2D eigenvalue weighted by Gasteiger charge is -2.35. The number of amides is 1. The number of thiophene rings is 1. The lowest BCUT2D eigenvalue weighted by atomic mass is 10.2. The highest BCUT2D eigenvalue weighted by Gasteiger charge is 2.25. The molecule has 0 bridgehead atoms. The molecule has 0 aliphatic carbocycles. The number of nitrogens with zero attached hydrogens (tertiary/aromatic N) is 3. The van der Waals surface area contributed by atoms with E-state index in [1.165, 1.54) is 4.88 Å². The number of aliphatic imine (C=N–C) groups is 1. The summed E-state index contributed by atoms with van der Waals surface area (Å²) in [6.45, 7) is 11.5. The fourth-order valence-electron chi connectivity index (χ4n) is 2.79. The average Bonchev–Trinajstić information content (AvgIpc) is 3.13. The molecule has 160 valence electrons. The Bertz CT molecular complexity index is 596. The molecular formula is C19H34IN5O2S. The number of carbonyl (C=O) groups is 1. The topological polar surface area (TPSA) is 69.2 Å². The Labute approximate surface area is 189 Å². The molecule has 9 heteroatoms. The first-order valence-electron chi connectivity index (χ1n) is 9.54. The van der Waals surface area contributed by atoms with Crippen LogP contribution >= 0.6 is 35.3 Å². The maximum Gasteiger partial charge on any atom is 0.410 e. The number of hydrogen-bond acceptors (Lipinski definition) is 5. The molecule has 0 atom stereocenters. The molecule has 1 aliphatic rings. The van der Waals surface area contributed by atoms with Crippen LogP contribution in [0, 0.1) is 0 Å². The van der Waals surface area contributed by atoms with Gasteiger partial charge >= 0.3 is 6.09 Å². The molecule has 2 rings (SSSR count). The van der Waals surface area contributed by atoms with Crippen LogP contribution in [0.1, 0.15) is 25.6 Å². The molecule has 7 nitrogen and oxygen atoms in total. The van der Waals surface area contributed by atoms with Gasteiger partial charge in [0, 0.05) is 57.7 Å². The molecule has 0 unspecified atom stereocenters. The molecule has 0 spiro atoms. The van der Waals surface area contributed by atoms with Crippen molar-refractivity contribution in [2.45, 2.75) is 32.8 Å². The molecule has 1 saturated heterocycles. The van der Waals surface area contributed by atoms with Gasteiger partial charge in [0.2, 0.25) is 0 Å². The molecule has 0 saturated carbocycles. The van der Waals surface area contributed by atoms with Crippen LogP contribution in [0.3, 0.4) is 0 Å². The second kappa shape index (κ2) is 12.5. The Balaban J connectivity index is 0.00000392. The predicted octanol–water partition coefficient (Wildman–Crippen LogP) is 2.63. The fraction of sp³-hybridized carbons (Fsp3) is 0.684. The first-order chi connectivity index (χ1) is 12.9. The molecule has 1 amide bonds. The van der Waals surface area contributed by atoms with Crippen molar-refractivity contribution in [1.29, 1.82) is 0 Å². The van der Waals surface area contributed by atoms with E-state index in [-0.39, 0.29) is 30.1 Å². The van der Waals surface area contributed by atoms with E-state index in [0.717, 1.165) is 45.1 Å². The monoisotopic (exact) mass is 523 g/mol. The van der Waals surface area contributed by atoms with E-state index >= 15 is 0 Å². The number of nitrogens with one attached hydrogen (secondary N) is 2. The summed E-state index contributed by atoms with van der Waals surface area (Å²) in [6, 6.07) is 4.23. The van der Waals surface area contributed by atoms with Crippen LogP contribution in [-0.2, 0) is 11.2 Å². The van der Waals surface area contributed by atoms with E-state index in [2.05, 4.69) is 38.0 Å². The van der Waals surface area contributed by atoms with Crippen molar-refractivity contribution in [2.75, 3.05) is 52.9 Å². The highest BCUT2D eigenvalue weighted by Crippen LogP contribution is 2.11. The first kappa shape index (κ1) is 25.0. The summed E-state index contributed by atoms with van der Waals surface area (Å²) < 4.78 is 5.44. The highest BCUT2D eigenvalue weighted by molar-refractivity contribution is 14.0. The number of hydrogen-bond donors (Lipinski definition) is 2. The Morgan fingerprint density at radius 1 is 1.21 bits per heavy atom. The van der Waals surface area contributed by atoms with Crippen molar-refractivity contribution < 1.29 is 9.53 Å². The second-order valence-electron chi connectivity index (χ2n) is 7.56. The maximum atomic E-state index is 12.1. The molecule has 0 aromatic carbocycles. The zero-order valence-corrected chi connectivity index (χ0v) is 20.5. The van der Waals surface area contributed by atoms with Gasteiger partial charge < -0.3 is 20.3 Å². The summed E-state index contributed by atoms with van der Waals surface area (Å²) in [5.41, 5.74) is -0.440. The third kappa shape index (κ3) is 9.42. The number of halogens is 1. The molecular weight excluding hydrogens is 489 g/mol. The van der Waals surface area contributed by atoms with Gasteiger partial charge in [0.25, 0.3) is 0 Å². The van der Waals surface area contributed by atoms with Crippen LogP contribution in [0.4, 0.5) is 4.79 Å². The zero-order valence-electron chi connectivity index (χ0n) is 17.4. The molecule has 1 aromatic rings. The van der Waals surface area contributed by atoms with E-state index in [9.17, 15) is 4.79 Å². The normalized spacial score (nSPS) is 15.7. The molecule has 2 N–H and O–H groups in total. The van der Waals surface area contributed by atoms with Crippen LogP contribution < -0.4 is 10.6 Å². The van der Waals surface area contributed by atoms with E-state index in [1.54, 1.807) is 23.3 Å². The van der Waals surface area contributed by atoms with Crippen molar-refractivity contribution in [1.82, 2.24) is 20.4 Å². The van der Waals surface area contributed by atoms with E-state index in [1.807, 2.05) is 20.8 Å². The third-order valence-corrected chi connectivity index (χ3v) is 5.15. The number of ether oxygens (including phenoxy) is 1. The third-order valence-electron chi connectivity index (χ3n) is 4.21. The summed E-state index contributed by atoms with van der Waals surface area (Å²) >= 11 is 1.78. The smallest absolute Gasteiger partial charge is 0.410 e. The van der Waals surface area contributed by atoms with Crippen molar-refractivity contribution in [2.24, 2.45) is 4.99 Å². The summed E-state index contributed by atoms with van der Waals surface area (Å²) in [5.74, 6) is 0.832. The minimum absolute atomic E-state index is 0. The van der Waals surface area contributed by atoms with Crippen LogP contribution in [0.15, 0.2) is 22.5 Å². The van der Waals surface area contributed by atoms with Crippen molar-refractivity contribution in [3.8, 4) is 0 Å². The first-order valence-corrected chi connectivity index (χ1v) is 10.4. The number of guanidine groups is 1. The van der Waals surface area contributed by atoms with E-state index in [4.69, 9.17) is 4.74 Å². The van der Waals surface area contributed by atoms with Gasteiger partial charge in [0.05, 0.1) is 0 Å².